The van der Waals surface area contributed by atoms with Gasteiger partial charge in [-0.2, -0.15) is 8.42 Å². The van der Waals surface area contributed by atoms with Crippen molar-refractivity contribution < 1.29 is 8.42 Å². The van der Waals surface area contributed by atoms with Gasteiger partial charge >= 0.3 is 0 Å². The summed E-state index contributed by atoms with van der Waals surface area (Å²) in [5.41, 5.74) is 4.21. The second-order valence-corrected chi connectivity index (χ2v) is 10.7. The van der Waals surface area contributed by atoms with E-state index in [1.165, 1.54) is 31.2 Å². The first kappa shape index (κ1) is 21.6. The molecule has 6 heteroatoms. The van der Waals surface area contributed by atoms with Crippen LogP contribution in [0.2, 0.25) is 0 Å². The lowest BCUT2D eigenvalue weighted by Gasteiger charge is -2.15. The van der Waals surface area contributed by atoms with Crippen molar-refractivity contribution >= 4 is 10.0 Å². The van der Waals surface area contributed by atoms with Crippen LogP contribution in [0.3, 0.4) is 0 Å². The van der Waals surface area contributed by atoms with Crippen molar-refractivity contribution in [2.45, 2.75) is 37.5 Å². The lowest BCUT2D eigenvalue weighted by atomic mass is 9.90. The molecule has 33 heavy (non-hydrogen) atoms. The molecule has 0 N–H and O–H groups in total. The van der Waals surface area contributed by atoms with Gasteiger partial charge in [0.15, 0.2) is 5.82 Å². The Morgan fingerprint density at radius 1 is 0.848 bits per heavy atom. The Bertz CT molecular complexity index is 1330. The first-order valence-electron chi connectivity index (χ1n) is 11.4. The van der Waals surface area contributed by atoms with Crippen molar-refractivity contribution in [3.05, 3.63) is 90.8 Å². The minimum Gasteiger partial charge on any atom is -0.214 e. The molecule has 2 atom stereocenters. The van der Waals surface area contributed by atoms with Crippen LogP contribution in [-0.2, 0) is 16.4 Å². The molecule has 0 spiro atoms. The van der Waals surface area contributed by atoms with Gasteiger partial charge in [0.25, 0.3) is 10.0 Å². The Morgan fingerprint density at radius 2 is 1.52 bits per heavy atom. The van der Waals surface area contributed by atoms with E-state index < -0.39 is 10.0 Å². The van der Waals surface area contributed by atoms with Gasteiger partial charge in [-0.1, -0.05) is 86.5 Å². The van der Waals surface area contributed by atoms with Crippen LogP contribution in [0.15, 0.2) is 90.1 Å². The Labute approximate surface area is 195 Å². The number of hydrogen-bond acceptors (Lipinski definition) is 4. The van der Waals surface area contributed by atoms with Gasteiger partial charge in [-0.15, -0.1) is 9.19 Å². The molecule has 0 amide bonds. The Kier molecular flexibility index (Phi) is 5.85. The average molecular weight is 458 g/mol. The van der Waals surface area contributed by atoms with Gasteiger partial charge in [-0.05, 0) is 53.5 Å². The smallest absolute Gasteiger partial charge is 0.214 e. The van der Waals surface area contributed by atoms with Crippen molar-refractivity contribution in [2.24, 2.45) is 11.8 Å². The molecule has 0 bridgehead atoms. The summed E-state index contributed by atoms with van der Waals surface area (Å²) in [4.78, 5) is 4.35. The summed E-state index contributed by atoms with van der Waals surface area (Å²) in [7, 11) is -3.81. The van der Waals surface area contributed by atoms with E-state index in [2.05, 4.69) is 41.3 Å². The molecule has 0 aliphatic heterocycles. The van der Waals surface area contributed by atoms with Crippen LogP contribution in [0.4, 0.5) is 0 Å². The number of aromatic nitrogens is 3. The van der Waals surface area contributed by atoms with E-state index in [0.29, 0.717) is 5.82 Å². The van der Waals surface area contributed by atoms with Crippen LogP contribution in [0.1, 0.15) is 31.7 Å². The molecule has 1 fully saturated rings. The van der Waals surface area contributed by atoms with Gasteiger partial charge < -0.3 is 0 Å². The van der Waals surface area contributed by atoms with Gasteiger partial charge in [0.1, 0.15) is 6.33 Å². The van der Waals surface area contributed by atoms with E-state index in [-0.39, 0.29) is 4.90 Å². The van der Waals surface area contributed by atoms with Crippen LogP contribution in [0, 0.1) is 11.8 Å². The second-order valence-electron chi connectivity index (χ2n) is 8.91. The van der Waals surface area contributed by atoms with Crippen molar-refractivity contribution in [1.29, 1.82) is 0 Å². The standard InChI is InChI=1S/C27H27N3O2S/c1-20-6-5-9-25(20)18-21-10-12-22(13-11-21)23-14-16-26(17-15-23)33(31,32)30-19-28-27(29-30)24-7-3-2-4-8-24/h2-4,7-8,10-17,19-20,25H,5-6,9,18H2,1H3/t20-,25?/m1/s1. The molecule has 5 nitrogen and oxygen atoms in total. The Morgan fingerprint density at radius 3 is 2.15 bits per heavy atom. The predicted octanol–water partition coefficient (Wildman–Crippen LogP) is 5.83. The van der Waals surface area contributed by atoms with E-state index in [0.717, 1.165) is 39.0 Å². The first-order valence-corrected chi connectivity index (χ1v) is 12.9. The summed E-state index contributed by atoms with van der Waals surface area (Å²) < 4.78 is 27.0. The molecule has 1 heterocycles. The van der Waals surface area contributed by atoms with Crippen molar-refractivity contribution in [1.82, 2.24) is 14.2 Å². The molecule has 1 unspecified atom stereocenters. The van der Waals surface area contributed by atoms with Gasteiger partial charge in [0.05, 0.1) is 4.90 Å². The molecule has 3 aromatic carbocycles. The van der Waals surface area contributed by atoms with Gasteiger partial charge in [0, 0.05) is 5.56 Å². The molecule has 4 aromatic rings. The molecule has 0 saturated heterocycles. The van der Waals surface area contributed by atoms with Crippen molar-refractivity contribution in [3.63, 3.8) is 0 Å². The number of rotatable bonds is 6. The van der Waals surface area contributed by atoms with Gasteiger partial charge in [0.2, 0.25) is 0 Å². The third-order valence-electron chi connectivity index (χ3n) is 6.73. The molecule has 1 saturated carbocycles. The topological polar surface area (TPSA) is 64.8 Å². The zero-order chi connectivity index (χ0) is 22.8. The molecule has 168 valence electrons. The second kappa shape index (κ2) is 8.94. The Balaban J connectivity index is 1.32. The summed E-state index contributed by atoms with van der Waals surface area (Å²) in [5.74, 6) is 1.98. The maximum atomic E-state index is 13.0. The molecule has 1 aliphatic carbocycles. The number of nitrogens with zero attached hydrogens (tertiary/aromatic N) is 3. The van der Waals surface area contributed by atoms with Gasteiger partial charge in [-0.25, -0.2) is 4.98 Å². The summed E-state index contributed by atoms with van der Waals surface area (Å²) in [5, 5.41) is 4.18. The average Bonchev–Trinajstić information content (AvgIpc) is 3.50. The molecular formula is C27H27N3O2S. The minimum atomic E-state index is -3.81. The van der Waals surface area contributed by atoms with Crippen molar-refractivity contribution in [2.75, 3.05) is 0 Å². The summed E-state index contributed by atoms with van der Waals surface area (Å²) in [6, 6.07) is 24.9. The fourth-order valence-corrected chi connectivity index (χ4v) is 5.73. The van der Waals surface area contributed by atoms with Crippen LogP contribution in [0.5, 0.6) is 0 Å². The lowest BCUT2D eigenvalue weighted by molar-refractivity contribution is 0.417. The largest absolute Gasteiger partial charge is 0.284 e. The van der Waals surface area contributed by atoms with E-state index in [4.69, 9.17) is 0 Å². The molecule has 1 aliphatic rings. The van der Waals surface area contributed by atoms with E-state index in [1.54, 1.807) is 12.1 Å². The quantitative estimate of drug-likeness (QED) is 0.365. The zero-order valence-electron chi connectivity index (χ0n) is 18.6. The maximum Gasteiger partial charge on any atom is 0.284 e. The monoisotopic (exact) mass is 457 g/mol. The molecular weight excluding hydrogens is 430 g/mol. The van der Waals surface area contributed by atoms with E-state index in [9.17, 15) is 8.42 Å². The fraction of sp³-hybridized carbons (Fsp3) is 0.259. The van der Waals surface area contributed by atoms with Gasteiger partial charge in [-0.3, -0.25) is 0 Å². The van der Waals surface area contributed by atoms with E-state index in [1.807, 2.05) is 42.5 Å². The maximum absolute atomic E-state index is 13.0. The number of benzene rings is 3. The van der Waals surface area contributed by atoms with Crippen molar-refractivity contribution in [3.8, 4) is 22.5 Å². The summed E-state index contributed by atoms with van der Waals surface area (Å²) in [6.07, 6.45) is 6.41. The molecule has 0 radical (unpaired) electrons. The highest BCUT2D eigenvalue weighted by Gasteiger charge is 2.23. The highest BCUT2D eigenvalue weighted by atomic mass is 32.2. The number of hydrogen-bond donors (Lipinski definition) is 0. The predicted molar refractivity (Wildman–Crippen MR) is 130 cm³/mol. The minimum absolute atomic E-state index is 0.183. The lowest BCUT2D eigenvalue weighted by Crippen LogP contribution is -2.13. The SMILES string of the molecule is C[C@@H]1CCCC1Cc1ccc(-c2ccc(S(=O)(=O)n3cnc(-c4ccccc4)n3)cc2)cc1. The zero-order valence-corrected chi connectivity index (χ0v) is 19.4. The van der Waals surface area contributed by atoms with Crippen LogP contribution in [-0.4, -0.2) is 22.6 Å². The highest BCUT2D eigenvalue weighted by Crippen LogP contribution is 2.34. The molecule has 5 rings (SSSR count). The molecule has 1 aromatic heterocycles. The fourth-order valence-electron chi connectivity index (χ4n) is 4.67. The normalized spacial score (nSPS) is 18.5. The van der Waals surface area contributed by atoms with E-state index >= 15 is 0 Å². The Hall–Kier alpha value is -3.25. The van der Waals surface area contributed by atoms with Crippen LogP contribution < -0.4 is 0 Å². The highest BCUT2D eigenvalue weighted by molar-refractivity contribution is 7.89. The summed E-state index contributed by atoms with van der Waals surface area (Å²) >= 11 is 0. The summed E-state index contributed by atoms with van der Waals surface area (Å²) in [6.45, 7) is 2.36. The third-order valence-corrected chi connectivity index (χ3v) is 8.26. The first-order chi connectivity index (χ1) is 16.0. The van der Waals surface area contributed by atoms with Crippen LogP contribution in [0.25, 0.3) is 22.5 Å². The van der Waals surface area contributed by atoms with Crippen LogP contribution >= 0.6 is 0 Å². The third kappa shape index (κ3) is 4.48.